The first-order valence-corrected chi connectivity index (χ1v) is 7.42. The van der Waals surface area contributed by atoms with E-state index in [4.69, 9.17) is 0 Å². The molecule has 5 heteroatoms. The van der Waals surface area contributed by atoms with Gasteiger partial charge in [-0.3, -0.25) is 0 Å². The number of hydrogen-bond acceptors (Lipinski definition) is 2. The summed E-state index contributed by atoms with van der Waals surface area (Å²) in [5.41, 5.74) is 0.899. The topological polar surface area (TPSA) is 69.6 Å². The van der Waals surface area contributed by atoms with E-state index >= 15 is 0 Å². The van der Waals surface area contributed by atoms with Gasteiger partial charge in [0.15, 0.2) is 0 Å². The fourth-order valence-electron chi connectivity index (χ4n) is 2.26. The van der Waals surface area contributed by atoms with Gasteiger partial charge in [0.25, 0.3) is 0 Å². The number of carbonyl (C=O) groups excluding carboxylic acids is 1. The van der Waals surface area contributed by atoms with Gasteiger partial charge in [0.05, 0.1) is 0 Å². The number of aliphatic carboxylic acids is 1. The van der Waals surface area contributed by atoms with Crippen molar-refractivity contribution in [2.24, 2.45) is 5.92 Å². The van der Waals surface area contributed by atoms with Gasteiger partial charge in [0, 0.05) is 19.5 Å². The molecule has 1 aromatic rings. The molecule has 5 nitrogen and oxygen atoms in total. The normalized spacial score (nSPS) is 15.3. The third-order valence-corrected chi connectivity index (χ3v) is 3.72. The van der Waals surface area contributed by atoms with E-state index < -0.39 is 12.0 Å². The molecule has 0 aliphatic heterocycles. The molecule has 0 bridgehead atoms. The van der Waals surface area contributed by atoms with Gasteiger partial charge >= 0.3 is 12.0 Å². The third kappa shape index (κ3) is 4.77. The number of hydrogen-bond donors (Lipinski definition) is 2. The van der Waals surface area contributed by atoms with Crippen LogP contribution >= 0.6 is 0 Å². The van der Waals surface area contributed by atoms with Gasteiger partial charge < -0.3 is 15.3 Å². The second kappa shape index (κ2) is 7.11. The lowest BCUT2D eigenvalue weighted by molar-refractivity contribution is -0.139. The minimum Gasteiger partial charge on any atom is -0.480 e. The highest BCUT2D eigenvalue weighted by Gasteiger charge is 2.28. The summed E-state index contributed by atoms with van der Waals surface area (Å²) in [6.07, 6.45) is 2.62. The second-order valence-electron chi connectivity index (χ2n) is 5.51. The van der Waals surface area contributed by atoms with Crippen LogP contribution in [-0.4, -0.2) is 41.1 Å². The van der Waals surface area contributed by atoms with Gasteiger partial charge in [-0.1, -0.05) is 30.3 Å². The van der Waals surface area contributed by atoms with E-state index in [-0.39, 0.29) is 6.03 Å². The van der Waals surface area contributed by atoms with Crippen LogP contribution in [0, 0.1) is 5.92 Å². The quantitative estimate of drug-likeness (QED) is 0.808. The number of nitrogens with zero attached hydrogens (tertiary/aromatic N) is 1. The molecule has 0 aromatic heterocycles. The zero-order valence-corrected chi connectivity index (χ0v) is 12.3. The maximum Gasteiger partial charge on any atom is 0.326 e. The number of amides is 2. The van der Waals surface area contributed by atoms with Crippen LogP contribution in [0.4, 0.5) is 4.79 Å². The highest BCUT2D eigenvalue weighted by Crippen LogP contribution is 2.29. The molecule has 2 N–H and O–H groups in total. The number of urea groups is 1. The van der Waals surface area contributed by atoms with Crippen molar-refractivity contribution in [2.75, 3.05) is 13.1 Å². The SMILES string of the molecule is CCN(CC1CC1)C(=O)N[C@@H](Cc1ccccc1)C(=O)O. The van der Waals surface area contributed by atoms with E-state index in [0.717, 1.165) is 24.9 Å². The van der Waals surface area contributed by atoms with E-state index in [0.29, 0.717) is 18.9 Å². The molecule has 1 saturated carbocycles. The summed E-state index contributed by atoms with van der Waals surface area (Å²) in [4.78, 5) is 25.2. The third-order valence-electron chi connectivity index (χ3n) is 3.72. The van der Waals surface area contributed by atoms with Crippen molar-refractivity contribution in [1.29, 1.82) is 0 Å². The molecule has 1 aliphatic rings. The van der Waals surface area contributed by atoms with Gasteiger partial charge in [0.1, 0.15) is 6.04 Å². The summed E-state index contributed by atoms with van der Waals surface area (Å²) in [5, 5.41) is 11.9. The molecule has 0 spiro atoms. The lowest BCUT2D eigenvalue weighted by Gasteiger charge is -2.24. The molecule has 0 heterocycles. The molecule has 1 aromatic carbocycles. The Balaban J connectivity index is 1.94. The molecule has 0 unspecified atom stereocenters. The van der Waals surface area contributed by atoms with E-state index in [1.54, 1.807) is 4.90 Å². The zero-order valence-electron chi connectivity index (χ0n) is 12.3. The summed E-state index contributed by atoms with van der Waals surface area (Å²) in [7, 11) is 0. The van der Waals surface area contributed by atoms with Crippen molar-refractivity contribution >= 4 is 12.0 Å². The Kier molecular flexibility index (Phi) is 5.20. The smallest absolute Gasteiger partial charge is 0.326 e. The molecule has 114 valence electrons. The standard InChI is InChI=1S/C16H22N2O3/c1-2-18(11-13-8-9-13)16(21)17-14(15(19)20)10-12-6-4-3-5-7-12/h3-7,13-14H,2,8-11H2,1H3,(H,17,21)(H,19,20)/t14-/m0/s1. The minimum absolute atomic E-state index is 0.285. The summed E-state index contributed by atoms with van der Waals surface area (Å²) >= 11 is 0. The fraction of sp³-hybridized carbons (Fsp3) is 0.500. The maximum absolute atomic E-state index is 12.2. The molecule has 2 amide bonds. The Morgan fingerprint density at radius 2 is 2.00 bits per heavy atom. The summed E-state index contributed by atoms with van der Waals surface area (Å²) in [6.45, 7) is 3.23. The average molecular weight is 290 g/mol. The molecular weight excluding hydrogens is 268 g/mol. The lowest BCUT2D eigenvalue weighted by Crippen LogP contribution is -2.49. The van der Waals surface area contributed by atoms with Crippen LogP contribution in [0.5, 0.6) is 0 Å². The van der Waals surface area contributed by atoms with Gasteiger partial charge in [-0.15, -0.1) is 0 Å². The van der Waals surface area contributed by atoms with Crippen molar-refractivity contribution in [3.8, 4) is 0 Å². The largest absolute Gasteiger partial charge is 0.480 e. The summed E-state index contributed by atoms with van der Waals surface area (Å²) in [5.74, 6) is -0.414. The monoisotopic (exact) mass is 290 g/mol. The Morgan fingerprint density at radius 1 is 1.33 bits per heavy atom. The van der Waals surface area contributed by atoms with Crippen molar-refractivity contribution in [2.45, 2.75) is 32.2 Å². The predicted octanol–water partition coefficient (Wildman–Crippen LogP) is 2.12. The molecule has 0 radical (unpaired) electrons. The van der Waals surface area contributed by atoms with Crippen molar-refractivity contribution in [1.82, 2.24) is 10.2 Å². The van der Waals surface area contributed by atoms with Crippen molar-refractivity contribution in [3.05, 3.63) is 35.9 Å². The number of rotatable bonds is 7. The number of benzene rings is 1. The first-order valence-electron chi connectivity index (χ1n) is 7.42. The van der Waals surface area contributed by atoms with E-state index in [1.807, 2.05) is 37.3 Å². The van der Waals surface area contributed by atoms with Crippen molar-refractivity contribution < 1.29 is 14.7 Å². The summed E-state index contributed by atoms with van der Waals surface area (Å²) in [6, 6.07) is 8.16. The van der Waals surface area contributed by atoms with Crippen LogP contribution in [-0.2, 0) is 11.2 Å². The van der Waals surface area contributed by atoms with E-state index in [1.165, 1.54) is 0 Å². The van der Waals surface area contributed by atoms with Crippen LogP contribution in [0.1, 0.15) is 25.3 Å². The minimum atomic E-state index is -1.00. The fourth-order valence-corrected chi connectivity index (χ4v) is 2.26. The number of carbonyl (C=O) groups is 2. The highest BCUT2D eigenvalue weighted by atomic mass is 16.4. The Bertz CT molecular complexity index is 486. The molecule has 1 fully saturated rings. The van der Waals surface area contributed by atoms with Crippen LogP contribution in [0.3, 0.4) is 0 Å². The molecule has 1 aliphatic carbocycles. The second-order valence-corrected chi connectivity index (χ2v) is 5.51. The lowest BCUT2D eigenvalue weighted by atomic mass is 10.1. The molecule has 0 saturated heterocycles. The molecular formula is C16H22N2O3. The van der Waals surface area contributed by atoms with Gasteiger partial charge in [-0.05, 0) is 31.2 Å². The maximum atomic E-state index is 12.2. The Labute approximate surface area is 125 Å². The van der Waals surface area contributed by atoms with E-state index in [9.17, 15) is 14.7 Å². The highest BCUT2D eigenvalue weighted by molar-refractivity contribution is 5.82. The summed E-state index contributed by atoms with van der Waals surface area (Å²) < 4.78 is 0. The first kappa shape index (κ1) is 15.4. The van der Waals surface area contributed by atoms with Crippen molar-refractivity contribution in [3.63, 3.8) is 0 Å². The van der Waals surface area contributed by atoms with Crippen LogP contribution in [0.15, 0.2) is 30.3 Å². The molecule has 2 rings (SSSR count). The average Bonchev–Trinajstić information content (AvgIpc) is 3.29. The van der Waals surface area contributed by atoms with Crippen LogP contribution in [0.2, 0.25) is 0 Å². The zero-order chi connectivity index (χ0) is 15.2. The van der Waals surface area contributed by atoms with E-state index in [2.05, 4.69) is 5.32 Å². The first-order chi connectivity index (χ1) is 10.1. The number of carboxylic acid groups (broad SMARTS) is 1. The van der Waals surface area contributed by atoms with Gasteiger partial charge in [-0.2, -0.15) is 0 Å². The molecule has 1 atom stereocenters. The number of nitrogens with one attached hydrogen (secondary N) is 1. The van der Waals surface area contributed by atoms with Crippen LogP contribution < -0.4 is 5.32 Å². The van der Waals surface area contributed by atoms with Gasteiger partial charge in [0.2, 0.25) is 0 Å². The molecule has 21 heavy (non-hydrogen) atoms. The van der Waals surface area contributed by atoms with Crippen LogP contribution in [0.25, 0.3) is 0 Å². The number of carboxylic acids is 1. The predicted molar refractivity (Wildman–Crippen MR) is 80.1 cm³/mol. The Hall–Kier alpha value is -2.04. The Morgan fingerprint density at radius 3 is 2.52 bits per heavy atom. The van der Waals surface area contributed by atoms with Gasteiger partial charge in [-0.25, -0.2) is 9.59 Å².